The monoisotopic (exact) mass is 316 g/mol. The summed E-state index contributed by atoms with van der Waals surface area (Å²) < 4.78 is 0.0818. The average Bonchev–Trinajstić information content (AvgIpc) is 2.49. The van der Waals surface area contributed by atoms with Crippen molar-refractivity contribution < 1.29 is 4.79 Å². The number of hydrogen-bond donors (Lipinski definition) is 2. The van der Waals surface area contributed by atoms with Gasteiger partial charge in [-0.25, -0.2) is 0 Å². The minimum absolute atomic E-state index is 0.0310. The molecule has 0 spiro atoms. The summed E-state index contributed by atoms with van der Waals surface area (Å²) in [5.41, 5.74) is 6.91. The summed E-state index contributed by atoms with van der Waals surface area (Å²) in [7, 11) is 0. The maximum absolute atomic E-state index is 12.1. The highest BCUT2D eigenvalue weighted by Crippen LogP contribution is 2.23. The first-order valence-electron chi connectivity index (χ1n) is 7.51. The van der Waals surface area contributed by atoms with E-state index in [9.17, 15) is 4.79 Å². The molecule has 0 heterocycles. The molecule has 2 rings (SSSR count). The predicted octanol–water partition coefficient (Wildman–Crippen LogP) is 3.49. The van der Waals surface area contributed by atoms with Crippen LogP contribution in [0.15, 0.2) is 42.5 Å². The van der Waals surface area contributed by atoms with Crippen LogP contribution in [0.25, 0.3) is 10.8 Å². The second-order valence-corrected chi connectivity index (χ2v) is 8.17. The van der Waals surface area contributed by atoms with Gasteiger partial charge < -0.3 is 11.1 Å². The third kappa shape index (κ3) is 4.75. The molecule has 4 heteroatoms. The number of rotatable bonds is 5. The van der Waals surface area contributed by atoms with Crippen molar-refractivity contribution in [1.82, 2.24) is 5.32 Å². The first-order chi connectivity index (χ1) is 10.4. The average molecular weight is 316 g/mol. The maximum Gasteiger partial charge on any atom is 0.230 e. The van der Waals surface area contributed by atoms with Crippen molar-refractivity contribution in [2.24, 2.45) is 5.73 Å². The van der Waals surface area contributed by atoms with Crippen LogP contribution >= 0.6 is 11.8 Å². The van der Waals surface area contributed by atoms with Crippen molar-refractivity contribution in [2.45, 2.75) is 31.6 Å². The van der Waals surface area contributed by atoms with E-state index in [0.717, 1.165) is 10.9 Å². The molecule has 1 atom stereocenters. The fraction of sp³-hybridized carbons (Fsp3) is 0.389. The second-order valence-electron chi connectivity index (χ2n) is 6.36. The fourth-order valence-electron chi connectivity index (χ4n) is 2.22. The molecule has 0 saturated heterocycles. The summed E-state index contributed by atoms with van der Waals surface area (Å²) in [6.45, 7) is 6.71. The van der Waals surface area contributed by atoms with Crippen molar-refractivity contribution >= 4 is 28.4 Å². The smallest absolute Gasteiger partial charge is 0.230 e. The normalized spacial score (nSPS) is 13.1. The summed E-state index contributed by atoms with van der Waals surface area (Å²) in [6, 6.07) is 14.3. The minimum Gasteiger partial charge on any atom is -0.347 e. The highest BCUT2D eigenvalue weighted by molar-refractivity contribution is 8.01. The first kappa shape index (κ1) is 16.8. The zero-order chi connectivity index (χ0) is 16.2. The van der Waals surface area contributed by atoms with Gasteiger partial charge in [-0.3, -0.25) is 4.79 Å². The van der Waals surface area contributed by atoms with Gasteiger partial charge in [-0.05, 0) is 22.4 Å². The summed E-state index contributed by atoms with van der Waals surface area (Å²) in [5, 5.41) is 5.39. The Hall–Kier alpha value is -1.52. The van der Waals surface area contributed by atoms with Gasteiger partial charge >= 0.3 is 0 Å². The van der Waals surface area contributed by atoms with Crippen LogP contribution in [0, 0.1) is 0 Å². The van der Waals surface area contributed by atoms with E-state index in [1.165, 1.54) is 5.39 Å². The Morgan fingerprint density at radius 3 is 2.50 bits per heavy atom. The van der Waals surface area contributed by atoms with Gasteiger partial charge in [0.05, 0.1) is 11.8 Å². The quantitative estimate of drug-likeness (QED) is 0.888. The van der Waals surface area contributed by atoms with Gasteiger partial charge in [0, 0.05) is 11.3 Å². The lowest BCUT2D eigenvalue weighted by molar-refractivity contribution is -0.119. The molecule has 22 heavy (non-hydrogen) atoms. The molecule has 0 saturated carbocycles. The zero-order valence-corrected chi connectivity index (χ0v) is 14.2. The van der Waals surface area contributed by atoms with Crippen LogP contribution in [0.1, 0.15) is 32.4 Å². The Bertz CT molecular complexity index is 649. The van der Waals surface area contributed by atoms with Crippen LogP contribution in [0.3, 0.4) is 0 Å². The zero-order valence-electron chi connectivity index (χ0n) is 13.4. The lowest BCUT2D eigenvalue weighted by Gasteiger charge is -2.20. The molecule has 3 nitrogen and oxygen atoms in total. The third-order valence-electron chi connectivity index (χ3n) is 3.38. The number of fused-ring (bicyclic) bond motifs is 1. The number of carbonyl (C=O) groups excluding carboxylic acids is 1. The lowest BCUT2D eigenvalue weighted by atomic mass is 10.0. The van der Waals surface area contributed by atoms with Crippen LogP contribution < -0.4 is 11.1 Å². The number of benzene rings is 2. The summed E-state index contributed by atoms with van der Waals surface area (Å²) in [6.07, 6.45) is 0. The van der Waals surface area contributed by atoms with Gasteiger partial charge in [-0.2, -0.15) is 0 Å². The van der Waals surface area contributed by atoms with Gasteiger partial charge in [0.15, 0.2) is 0 Å². The molecule has 2 aromatic rings. The largest absolute Gasteiger partial charge is 0.347 e. The molecule has 0 aliphatic rings. The van der Waals surface area contributed by atoms with Gasteiger partial charge in [-0.15, -0.1) is 11.8 Å². The van der Waals surface area contributed by atoms with Crippen molar-refractivity contribution in [3.63, 3.8) is 0 Å². The van der Waals surface area contributed by atoms with Crippen molar-refractivity contribution in [3.8, 4) is 0 Å². The van der Waals surface area contributed by atoms with E-state index in [4.69, 9.17) is 5.73 Å². The Morgan fingerprint density at radius 2 is 1.86 bits per heavy atom. The fourth-order valence-corrected chi connectivity index (χ4v) is 2.87. The summed E-state index contributed by atoms with van der Waals surface area (Å²) >= 11 is 1.64. The molecule has 0 aliphatic heterocycles. The molecule has 0 aliphatic carbocycles. The Morgan fingerprint density at radius 1 is 1.18 bits per heavy atom. The van der Waals surface area contributed by atoms with E-state index in [-0.39, 0.29) is 16.7 Å². The standard InChI is InChI=1S/C18H24N2OS/c1-18(2,3)22-12-17(21)20-16(11-19)15-9-8-13-6-4-5-7-14(13)10-15/h4-10,16H,11-12,19H2,1-3H3,(H,20,21). The molecular formula is C18H24N2OS. The predicted molar refractivity (Wildman–Crippen MR) is 96.1 cm³/mol. The number of hydrogen-bond acceptors (Lipinski definition) is 3. The van der Waals surface area contributed by atoms with E-state index in [1.54, 1.807) is 11.8 Å². The lowest BCUT2D eigenvalue weighted by Crippen LogP contribution is -2.35. The Balaban J connectivity index is 2.08. The van der Waals surface area contributed by atoms with Crippen molar-refractivity contribution in [1.29, 1.82) is 0 Å². The molecule has 0 bridgehead atoms. The molecule has 118 valence electrons. The first-order valence-corrected chi connectivity index (χ1v) is 8.50. The Labute approximate surface area is 136 Å². The van der Waals surface area contributed by atoms with E-state index >= 15 is 0 Å². The van der Waals surface area contributed by atoms with Crippen molar-refractivity contribution in [2.75, 3.05) is 12.3 Å². The van der Waals surface area contributed by atoms with Gasteiger partial charge in [0.1, 0.15) is 0 Å². The van der Waals surface area contributed by atoms with Crippen molar-refractivity contribution in [3.05, 3.63) is 48.0 Å². The number of thioether (sulfide) groups is 1. The highest BCUT2D eigenvalue weighted by atomic mass is 32.2. The van der Waals surface area contributed by atoms with Crippen LogP contribution in [-0.2, 0) is 4.79 Å². The van der Waals surface area contributed by atoms with E-state index in [1.807, 2.05) is 18.2 Å². The topological polar surface area (TPSA) is 55.1 Å². The van der Waals surface area contributed by atoms with Gasteiger partial charge in [0.25, 0.3) is 0 Å². The van der Waals surface area contributed by atoms with Crippen LogP contribution in [0.4, 0.5) is 0 Å². The van der Waals surface area contributed by atoms with E-state index in [0.29, 0.717) is 12.3 Å². The number of amides is 1. The third-order valence-corrected chi connectivity index (χ3v) is 4.66. The summed E-state index contributed by atoms with van der Waals surface area (Å²) in [5.74, 6) is 0.483. The van der Waals surface area contributed by atoms with Crippen LogP contribution in [-0.4, -0.2) is 23.0 Å². The second kappa shape index (κ2) is 7.16. The minimum atomic E-state index is -0.141. The van der Waals surface area contributed by atoms with Gasteiger partial charge in [-0.1, -0.05) is 57.2 Å². The number of carbonyl (C=O) groups is 1. The van der Waals surface area contributed by atoms with Crippen LogP contribution in [0.5, 0.6) is 0 Å². The highest BCUT2D eigenvalue weighted by Gasteiger charge is 2.17. The van der Waals surface area contributed by atoms with Crippen LogP contribution in [0.2, 0.25) is 0 Å². The molecule has 0 aromatic heterocycles. The SMILES string of the molecule is CC(C)(C)SCC(=O)NC(CN)c1ccc2ccccc2c1. The number of nitrogens with two attached hydrogens (primary N) is 1. The summed E-state index contributed by atoms with van der Waals surface area (Å²) in [4.78, 5) is 12.1. The van der Waals surface area contributed by atoms with E-state index in [2.05, 4.69) is 50.4 Å². The molecule has 2 aromatic carbocycles. The number of nitrogens with one attached hydrogen (secondary N) is 1. The molecule has 0 fully saturated rings. The van der Waals surface area contributed by atoms with Gasteiger partial charge in [0.2, 0.25) is 5.91 Å². The van der Waals surface area contributed by atoms with E-state index < -0.39 is 0 Å². The molecule has 1 amide bonds. The Kier molecular flexibility index (Phi) is 5.48. The molecule has 0 radical (unpaired) electrons. The molecule has 1 unspecified atom stereocenters. The molecule has 3 N–H and O–H groups in total. The maximum atomic E-state index is 12.1. The molecular weight excluding hydrogens is 292 g/mol.